The lowest BCUT2D eigenvalue weighted by atomic mass is 10.2. The van der Waals surface area contributed by atoms with E-state index >= 15 is 0 Å². The summed E-state index contributed by atoms with van der Waals surface area (Å²) >= 11 is 7.17. The van der Waals surface area contributed by atoms with Crippen LogP contribution in [0.3, 0.4) is 0 Å². The second-order valence-electron chi connectivity index (χ2n) is 5.42. The Hall–Kier alpha value is -2.38. The topological polar surface area (TPSA) is 68.0 Å². The molecule has 0 fully saturated rings. The first-order valence-electron chi connectivity index (χ1n) is 7.81. The van der Waals surface area contributed by atoms with Crippen LogP contribution >= 0.6 is 23.4 Å². The van der Waals surface area contributed by atoms with Gasteiger partial charge in [0.15, 0.2) is 0 Å². The Kier molecular flexibility index (Phi) is 5.90. The molecule has 0 aliphatic carbocycles. The Morgan fingerprint density at radius 1 is 1.23 bits per heavy atom. The average molecular weight is 392 g/mol. The highest BCUT2D eigenvalue weighted by molar-refractivity contribution is 8.00. The van der Waals surface area contributed by atoms with E-state index in [2.05, 4.69) is 15.5 Å². The Morgan fingerprint density at radius 2 is 1.96 bits per heavy atom. The number of nitrogens with zero attached hydrogens (tertiary/aromatic N) is 2. The van der Waals surface area contributed by atoms with Crippen LogP contribution in [0.25, 0.3) is 11.5 Å². The molecule has 5 nitrogen and oxygen atoms in total. The molecule has 134 valence electrons. The molecule has 1 heterocycles. The normalized spacial score (nSPS) is 12.0. The molecule has 0 radical (unpaired) electrons. The van der Waals surface area contributed by atoms with Crippen molar-refractivity contribution in [3.63, 3.8) is 0 Å². The average Bonchev–Trinajstić information content (AvgIpc) is 3.09. The summed E-state index contributed by atoms with van der Waals surface area (Å²) < 4.78 is 19.2. The molecular formula is C18H15ClFN3O2S. The Bertz CT molecular complexity index is 919. The van der Waals surface area contributed by atoms with Gasteiger partial charge in [0.2, 0.25) is 5.91 Å². The number of benzene rings is 2. The first-order chi connectivity index (χ1) is 12.5. The molecule has 3 aromatic rings. The molecule has 1 aromatic heterocycles. The molecule has 1 atom stereocenters. The van der Waals surface area contributed by atoms with Crippen LogP contribution in [-0.2, 0) is 11.3 Å². The minimum Gasteiger partial charge on any atom is -0.411 e. The number of halogens is 2. The molecule has 0 unspecified atom stereocenters. The van der Waals surface area contributed by atoms with E-state index in [4.69, 9.17) is 16.0 Å². The number of hydrogen-bond acceptors (Lipinski definition) is 5. The highest BCUT2D eigenvalue weighted by Crippen LogP contribution is 2.27. The van der Waals surface area contributed by atoms with Gasteiger partial charge in [-0.25, -0.2) is 4.39 Å². The Labute approximate surface area is 159 Å². The number of nitrogens with one attached hydrogen (secondary N) is 1. The molecule has 0 saturated carbocycles. The largest absolute Gasteiger partial charge is 0.411 e. The van der Waals surface area contributed by atoms with Gasteiger partial charge < -0.3 is 9.73 Å². The predicted molar refractivity (Wildman–Crippen MR) is 98.3 cm³/mol. The van der Waals surface area contributed by atoms with E-state index in [1.165, 1.54) is 6.07 Å². The second kappa shape index (κ2) is 8.33. The van der Waals surface area contributed by atoms with Crippen molar-refractivity contribution in [3.8, 4) is 11.5 Å². The number of aromatic nitrogens is 2. The van der Waals surface area contributed by atoms with Crippen LogP contribution in [0.4, 0.5) is 4.39 Å². The molecular weight excluding hydrogens is 377 g/mol. The lowest BCUT2D eigenvalue weighted by Gasteiger charge is -2.10. The zero-order valence-electron chi connectivity index (χ0n) is 13.8. The van der Waals surface area contributed by atoms with Crippen LogP contribution in [0.2, 0.25) is 5.02 Å². The van der Waals surface area contributed by atoms with Crippen molar-refractivity contribution in [1.29, 1.82) is 0 Å². The smallest absolute Gasteiger partial charge is 0.277 e. The van der Waals surface area contributed by atoms with E-state index in [9.17, 15) is 9.18 Å². The van der Waals surface area contributed by atoms with Crippen molar-refractivity contribution in [2.24, 2.45) is 0 Å². The summed E-state index contributed by atoms with van der Waals surface area (Å²) in [6.07, 6.45) is 0. The molecule has 1 amide bonds. The molecule has 8 heteroatoms. The summed E-state index contributed by atoms with van der Waals surface area (Å²) in [4.78, 5) is 12.2. The van der Waals surface area contributed by atoms with Crippen molar-refractivity contribution in [1.82, 2.24) is 15.5 Å². The third kappa shape index (κ3) is 4.42. The zero-order valence-corrected chi connectivity index (χ0v) is 15.4. The van der Waals surface area contributed by atoms with Gasteiger partial charge in [-0.1, -0.05) is 53.7 Å². The Balaban J connectivity index is 1.59. The molecule has 0 spiro atoms. The summed E-state index contributed by atoms with van der Waals surface area (Å²) in [6, 6.07) is 13.4. The van der Waals surface area contributed by atoms with Crippen LogP contribution < -0.4 is 5.32 Å². The summed E-state index contributed by atoms with van der Waals surface area (Å²) in [7, 11) is 0. The van der Waals surface area contributed by atoms with Gasteiger partial charge in [0.25, 0.3) is 11.1 Å². The van der Waals surface area contributed by atoms with Crippen molar-refractivity contribution in [3.05, 3.63) is 64.9 Å². The highest BCUT2D eigenvalue weighted by Gasteiger charge is 2.19. The van der Waals surface area contributed by atoms with Crippen molar-refractivity contribution in [2.75, 3.05) is 0 Å². The first-order valence-corrected chi connectivity index (χ1v) is 9.06. The van der Waals surface area contributed by atoms with Gasteiger partial charge >= 0.3 is 0 Å². The lowest BCUT2D eigenvalue weighted by molar-refractivity contribution is -0.120. The molecule has 2 aromatic carbocycles. The fourth-order valence-corrected chi connectivity index (χ4v) is 3.08. The van der Waals surface area contributed by atoms with E-state index in [-0.39, 0.29) is 22.6 Å². The predicted octanol–water partition coefficient (Wildman–Crippen LogP) is 4.33. The molecule has 3 rings (SSSR count). The van der Waals surface area contributed by atoms with Crippen LogP contribution in [0.1, 0.15) is 12.5 Å². The van der Waals surface area contributed by atoms with Crippen molar-refractivity contribution >= 4 is 29.3 Å². The van der Waals surface area contributed by atoms with Gasteiger partial charge in [-0.2, -0.15) is 0 Å². The molecule has 0 aliphatic rings. The van der Waals surface area contributed by atoms with Crippen LogP contribution in [0.5, 0.6) is 0 Å². The van der Waals surface area contributed by atoms with Gasteiger partial charge in [0.1, 0.15) is 5.82 Å². The van der Waals surface area contributed by atoms with E-state index in [1.807, 2.05) is 18.2 Å². The maximum Gasteiger partial charge on any atom is 0.277 e. The summed E-state index contributed by atoms with van der Waals surface area (Å²) in [6.45, 7) is 2.05. The van der Waals surface area contributed by atoms with Gasteiger partial charge in [-0.15, -0.1) is 10.2 Å². The van der Waals surface area contributed by atoms with Crippen LogP contribution in [0.15, 0.2) is 58.2 Å². The highest BCUT2D eigenvalue weighted by atomic mass is 35.5. The Morgan fingerprint density at radius 3 is 2.73 bits per heavy atom. The number of amides is 1. The molecule has 1 N–H and O–H groups in total. The number of carbonyl (C=O) groups is 1. The van der Waals surface area contributed by atoms with Crippen LogP contribution in [-0.4, -0.2) is 21.4 Å². The molecule has 0 aliphatic heterocycles. The zero-order chi connectivity index (χ0) is 18.5. The molecule has 0 bridgehead atoms. The van der Waals surface area contributed by atoms with Gasteiger partial charge in [-0.3, -0.25) is 4.79 Å². The summed E-state index contributed by atoms with van der Waals surface area (Å²) in [5, 5.41) is 10.8. The fraction of sp³-hybridized carbons (Fsp3) is 0.167. The second-order valence-corrected chi connectivity index (χ2v) is 7.12. The lowest BCUT2D eigenvalue weighted by Crippen LogP contribution is -2.30. The maximum absolute atomic E-state index is 13.8. The van der Waals surface area contributed by atoms with Gasteiger partial charge in [0.05, 0.1) is 10.8 Å². The number of thioether (sulfide) groups is 1. The minimum absolute atomic E-state index is 0.0780. The standard InChI is InChI=1S/C18H15ClFN3O2S/c1-11(16(24)21-10-12-6-2-4-8-14(12)19)26-18-23-22-17(25-18)13-7-3-5-9-15(13)20/h2-9,11H,10H2,1H3,(H,21,24)/t11-/m1/s1. The first kappa shape index (κ1) is 18.4. The third-order valence-electron chi connectivity index (χ3n) is 3.57. The van der Waals surface area contributed by atoms with Crippen LogP contribution in [0, 0.1) is 5.82 Å². The SMILES string of the molecule is C[C@@H](Sc1nnc(-c2ccccc2F)o1)C(=O)NCc1ccccc1Cl. The number of carbonyl (C=O) groups excluding carboxylic acids is 1. The van der Waals surface area contributed by atoms with E-state index in [0.717, 1.165) is 17.3 Å². The fourth-order valence-electron chi connectivity index (χ4n) is 2.17. The minimum atomic E-state index is -0.466. The monoisotopic (exact) mass is 391 g/mol. The number of rotatable bonds is 6. The number of hydrogen-bond donors (Lipinski definition) is 1. The summed E-state index contributed by atoms with van der Waals surface area (Å²) in [5.74, 6) is -0.562. The van der Waals surface area contributed by atoms with Gasteiger partial charge in [0, 0.05) is 11.6 Å². The summed E-state index contributed by atoms with van der Waals surface area (Å²) in [5.41, 5.74) is 1.06. The quantitative estimate of drug-likeness (QED) is 0.633. The van der Waals surface area contributed by atoms with E-state index < -0.39 is 11.1 Å². The maximum atomic E-state index is 13.8. The van der Waals surface area contributed by atoms with E-state index in [1.54, 1.807) is 31.2 Å². The van der Waals surface area contributed by atoms with E-state index in [0.29, 0.717) is 11.6 Å². The van der Waals surface area contributed by atoms with Crippen molar-refractivity contribution < 1.29 is 13.6 Å². The third-order valence-corrected chi connectivity index (χ3v) is 4.87. The molecule has 26 heavy (non-hydrogen) atoms. The van der Waals surface area contributed by atoms with Gasteiger partial charge in [-0.05, 0) is 30.7 Å². The molecule has 0 saturated heterocycles. The van der Waals surface area contributed by atoms with Crippen molar-refractivity contribution in [2.45, 2.75) is 23.9 Å².